The van der Waals surface area contributed by atoms with Crippen LogP contribution in [0.25, 0.3) is 0 Å². The molecule has 0 unspecified atom stereocenters. The van der Waals surface area contributed by atoms with E-state index < -0.39 is 14.4 Å². The fourth-order valence-electron chi connectivity index (χ4n) is 5.17. The molecule has 0 amide bonds. The van der Waals surface area contributed by atoms with Crippen LogP contribution in [0.15, 0.2) is 72.8 Å². The minimum atomic E-state index is -2.67. The topological polar surface area (TPSA) is 29.5 Å². The van der Waals surface area contributed by atoms with Crippen molar-refractivity contribution in [3.05, 3.63) is 72.8 Å². The molecular weight excluding hydrogens is 372 g/mol. The SMILES string of the molecule is C=C(C)[C@H]1[C@H](O)CC(C)(C)[C@@H]1O[Si](c1ccccc1)(c1ccccc1)C(C)(C)C. The van der Waals surface area contributed by atoms with Gasteiger partial charge in [0.1, 0.15) is 0 Å². The molecule has 0 aromatic heterocycles. The Hall–Kier alpha value is -1.68. The maximum absolute atomic E-state index is 10.9. The summed E-state index contributed by atoms with van der Waals surface area (Å²) in [6.45, 7) is 17.6. The predicted molar refractivity (Wildman–Crippen MR) is 125 cm³/mol. The van der Waals surface area contributed by atoms with Crippen LogP contribution in [0.1, 0.15) is 48.0 Å². The Morgan fingerprint density at radius 3 is 1.83 bits per heavy atom. The summed E-state index contributed by atoms with van der Waals surface area (Å²) in [5.74, 6) is -0.0494. The summed E-state index contributed by atoms with van der Waals surface area (Å²) in [6.07, 6.45) is 0.236. The monoisotopic (exact) mass is 408 g/mol. The van der Waals surface area contributed by atoms with Crippen LogP contribution in [0, 0.1) is 11.3 Å². The molecule has 0 aliphatic heterocycles. The zero-order valence-corrected chi connectivity index (χ0v) is 19.8. The third kappa shape index (κ3) is 3.88. The van der Waals surface area contributed by atoms with Crippen LogP contribution in [-0.4, -0.2) is 25.6 Å². The van der Waals surface area contributed by atoms with Crippen LogP contribution in [0.4, 0.5) is 0 Å². The molecule has 29 heavy (non-hydrogen) atoms. The largest absolute Gasteiger partial charge is 0.403 e. The lowest BCUT2D eigenvalue weighted by Gasteiger charge is -2.48. The van der Waals surface area contributed by atoms with E-state index in [4.69, 9.17) is 4.43 Å². The van der Waals surface area contributed by atoms with Gasteiger partial charge in [0.05, 0.1) is 12.2 Å². The van der Waals surface area contributed by atoms with E-state index in [1.165, 1.54) is 10.4 Å². The van der Waals surface area contributed by atoms with Crippen molar-refractivity contribution in [1.29, 1.82) is 0 Å². The number of hydrogen-bond acceptors (Lipinski definition) is 2. The van der Waals surface area contributed by atoms with Crippen molar-refractivity contribution in [2.24, 2.45) is 11.3 Å². The molecular formula is C26H36O2Si. The highest BCUT2D eigenvalue weighted by Gasteiger charge is 2.57. The van der Waals surface area contributed by atoms with Crippen molar-refractivity contribution >= 4 is 18.7 Å². The van der Waals surface area contributed by atoms with E-state index in [2.05, 4.69) is 102 Å². The quantitative estimate of drug-likeness (QED) is 0.562. The highest BCUT2D eigenvalue weighted by atomic mass is 28.4. The van der Waals surface area contributed by atoms with Gasteiger partial charge in [0.25, 0.3) is 8.32 Å². The normalized spacial score (nSPS) is 24.4. The van der Waals surface area contributed by atoms with Crippen LogP contribution in [0.5, 0.6) is 0 Å². The third-order valence-electron chi connectivity index (χ3n) is 6.54. The lowest BCUT2D eigenvalue weighted by molar-refractivity contribution is 0.0597. The van der Waals surface area contributed by atoms with E-state index in [9.17, 15) is 5.11 Å². The van der Waals surface area contributed by atoms with Crippen LogP contribution in [0.2, 0.25) is 5.04 Å². The fraction of sp³-hybridized carbons (Fsp3) is 0.462. The van der Waals surface area contributed by atoms with Crippen molar-refractivity contribution in [1.82, 2.24) is 0 Å². The average Bonchev–Trinajstić information content (AvgIpc) is 2.87. The first-order valence-corrected chi connectivity index (χ1v) is 12.5. The van der Waals surface area contributed by atoms with Gasteiger partial charge in [0.15, 0.2) is 0 Å². The van der Waals surface area contributed by atoms with Gasteiger partial charge in [-0.25, -0.2) is 0 Å². The summed E-state index contributed by atoms with van der Waals surface area (Å²) in [7, 11) is -2.67. The molecule has 0 radical (unpaired) electrons. The summed E-state index contributed by atoms with van der Waals surface area (Å²) in [4.78, 5) is 0. The molecule has 0 saturated heterocycles. The summed E-state index contributed by atoms with van der Waals surface area (Å²) < 4.78 is 7.41. The van der Waals surface area contributed by atoms with Gasteiger partial charge in [-0.3, -0.25) is 0 Å². The van der Waals surface area contributed by atoms with Crippen molar-refractivity contribution < 1.29 is 9.53 Å². The van der Waals surface area contributed by atoms with Crippen LogP contribution in [0.3, 0.4) is 0 Å². The van der Waals surface area contributed by atoms with Gasteiger partial charge in [0.2, 0.25) is 0 Å². The molecule has 0 heterocycles. The first-order valence-electron chi connectivity index (χ1n) is 10.6. The summed E-state index contributed by atoms with van der Waals surface area (Å²) in [5.41, 5.74) is 0.877. The Morgan fingerprint density at radius 1 is 1.00 bits per heavy atom. The zero-order chi connectivity index (χ0) is 21.4. The Bertz CT molecular complexity index is 797. The van der Waals surface area contributed by atoms with Crippen LogP contribution in [-0.2, 0) is 4.43 Å². The number of aliphatic hydroxyl groups excluding tert-OH is 1. The van der Waals surface area contributed by atoms with Gasteiger partial charge in [-0.1, -0.05) is 107 Å². The van der Waals surface area contributed by atoms with Crippen molar-refractivity contribution in [2.75, 3.05) is 0 Å². The highest BCUT2D eigenvalue weighted by molar-refractivity contribution is 6.99. The molecule has 1 fully saturated rings. The fourth-order valence-corrected chi connectivity index (χ4v) is 10.0. The van der Waals surface area contributed by atoms with Crippen LogP contribution < -0.4 is 10.4 Å². The van der Waals surface area contributed by atoms with Gasteiger partial charge in [-0.05, 0) is 34.2 Å². The molecule has 2 aromatic carbocycles. The van der Waals surface area contributed by atoms with E-state index >= 15 is 0 Å². The number of aliphatic hydroxyl groups is 1. The third-order valence-corrected chi connectivity index (χ3v) is 11.5. The Kier molecular flexibility index (Phi) is 5.97. The second-order valence-electron chi connectivity index (χ2n) is 10.3. The Balaban J connectivity index is 2.25. The minimum absolute atomic E-state index is 0.0494. The first-order chi connectivity index (χ1) is 13.5. The van der Waals surface area contributed by atoms with Gasteiger partial charge in [-0.2, -0.15) is 0 Å². The Morgan fingerprint density at radius 2 is 1.45 bits per heavy atom. The predicted octanol–water partition coefficient (Wildman–Crippen LogP) is 4.91. The molecule has 2 nitrogen and oxygen atoms in total. The number of rotatable bonds is 5. The molecule has 0 bridgehead atoms. The second kappa shape index (κ2) is 7.86. The van der Waals surface area contributed by atoms with E-state index in [0.717, 1.165) is 12.0 Å². The van der Waals surface area contributed by atoms with Crippen LogP contribution >= 0.6 is 0 Å². The maximum atomic E-state index is 10.9. The van der Waals surface area contributed by atoms with Gasteiger partial charge in [-0.15, -0.1) is 0 Å². The van der Waals surface area contributed by atoms with E-state index in [0.29, 0.717) is 0 Å². The summed E-state index contributed by atoms with van der Waals surface area (Å²) >= 11 is 0. The molecule has 3 heteroatoms. The molecule has 1 saturated carbocycles. The van der Waals surface area contributed by atoms with Crippen molar-refractivity contribution in [3.63, 3.8) is 0 Å². The maximum Gasteiger partial charge on any atom is 0.261 e. The number of hydrogen-bond donors (Lipinski definition) is 1. The smallest absolute Gasteiger partial charge is 0.261 e. The van der Waals surface area contributed by atoms with Gasteiger partial charge < -0.3 is 9.53 Å². The standard InChI is InChI=1S/C26H36O2Si/c1-19(2)23-22(27)18-26(6,7)24(23)28-29(25(3,4)5,20-14-10-8-11-15-20)21-16-12-9-13-17-21/h8-17,22-24,27H,1,18H2,2-7H3/t22-,23+,24-/m1/s1. The Labute approximate surface area is 177 Å². The lowest BCUT2D eigenvalue weighted by Crippen LogP contribution is -2.68. The zero-order valence-electron chi connectivity index (χ0n) is 18.8. The highest BCUT2D eigenvalue weighted by Crippen LogP contribution is 2.49. The molecule has 3 atom stereocenters. The first kappa shape index (κ1) is 22.0. The number of benzene rings is 2. The van der Waals surface area contributed by atoms with Crippen molar-refractivity contribution in [2.45, 2.75) is 65.2 Å². The second-order valence-corrected chi connectivity index (χ2v) is 14.6. The molecule has 1 N–H and O–H groups in total. The lowest BCUT2D eigenvalue weighted by atomic mass is 9.86. The molecule has 1 aliphatic rings. The van der Waals surface area contributed by atoms with E-state index in [1.54, 1.807) is 0 Å². The molecule has 3 rings (SSSR count). The molecule has 156 valence electrons. The average molecular weight is 409 g/mol. The van der Waals surface area contributed by atoms with E-state index in [-0.39, 0.29) is 22.5 Å². The minimum Gasteiger partial charge on any atom is -0.403 e. The summed E-state index contributed by atoms with van der Waals surface area (Å²) in [5, 5.41) is 13.3. The molecule has 1 aliphatic carbocycles. The molecule has 2 aromatic rings. The summed E-state index contributed by atoms with van der Waals surface area (Å²) in [6, 6.07) is 21.5. The van der Waals surface area contributed by atoms with Gasteiger partial charge >= 0.3 is 0 Å². The van der Waals surface area contributed by atoms with Crippen molar-refractivity contribution in [3.8, 4) is 0 Å². The molecule has 0 spiro atoms. The van der Waals surface area contributed by atoms with E-state index in [1.807, 2.05) is 6.92 Å². The van der Waals surface area contributed by atoms with Gasteiger partial charge in [0, 0.05) is 5.92 Å².